The minimum atomic E-state index is -0.167. The fourth-order valence-corrected chi connectivity index (χ4v) is 3.08. The molecule has 0 aromatic carbocycles. The number of nitrogens with one attached hydrogen (secondary N) is 2. The van der Waals surface area contributed by atoms with E-state index in [1.807, 2.05) is 11.8 Å². The van der Waals surface area contributed by atoms with Crippen LogP contribution in [-0.2, 0) is 4.79 Å². The van der Waals surface area contributed by atoms with E-state index in [0.29, 0.717) is 5.92 Å². The molecule has 106 valence electrons. The molecule has 1 unspecified atom stereocenters. The lowest BCUT2D eigenvalue weighted by Crippen LogP contribution is -2.46. The lowest BCUT2D eigenvalue weighted by atomic mass is 9.75. The number of thioether (sulfide) groups is 1. The summed E-state index contributed by atoms with van der Waals surface area (Å²) in [5, 5.41) is 6.47. The van der Waals surface area contributed by atoms with Gasteiger partial charge in [0.1, 0.15) is 0 Å². The van der Waals surface area contributed by atoms with Crippen LogP contribution >= 0.6 is 11.8 Å². The quantitative estimate of drug-likeness (QED) is 0.666. The Hall–Kier alpha value is -0.220. The highest BCUT2D eigenvalue weighted by Crippen LogP contribution is 2.34. The van der Waals surface area contributed by atoms with Gasteiger partial charge in [0.15, 0.2) is 0 Å². The minimum Gasteiger partial charge on any atom is -0.356 e. The van der Waals surface area contributed by atoms with Crippen LogP contribution in [0.2, 0.25) is 0 Å². The summed E-state index contributed by atoms with van der Waals surface area (Å²) in [5.41, 5.74) is -0.167. The van der Waals surface area contributed by atoms with Crippen LogP contribution in [0.5, 0.6) is 0 Å². The first kappa shape index (κ1) is 15.8. The van der Waals surface area contributed by atoms with Crippen molar-refractivity contribution in [2.75, 3.05) is 31.6 Å². The molecular formula is C14H28N2OS. The second-order valence-corrected chi connectivity index (χ2v) is 6.53. The van der Waals surface area contributed by atoms with E-state index < -0.39 is 0 Å². The standard InChI is InChI=1S/C14H28N2OS/c1-12(2)14(7-9-15-11-14)13(17)16-8-5-4-6-10-18-3/h12,15H,4-11H2,1-3H3,(H,16,17). The molecule has 0 saturated carbocycles. The van der Waals surface area contributed by atoms with Crippen LogP contribution in [0.3, 0.4) is 0 Å². The summed E-state index contributed by atoms with van der Waals surface area (Å²) in [6.07, 6.45) is 6.69. The van der Waals surface area contributed by atoms with Crippen LogP contribution in [0, 0.1) is 11.3 Å². The Labute approximate surface area is 116 Å². The molecule has 1 fully saturated rings. The third-order valence-corrected chi connectivity index (χ3v) is 4.75. The predicted molar refractivity (Wildman–Crippen MR) is 80.0 cm³/mol. The Morgan fingerprint density at radius 1 is 1.39 bits per heavy atom. The number of unbranched alkanes of at least 4 members (excludes halogenated alkanes) is 2. The van der Waals surface area contributed by atoms with E-state index in [9.17, 15) is 4.79 Å². The second kappa shape index (κ2) is 8.05. The molecule has 2 N–H and O–H groups in total. The van der Waals surface area contributed by atoms with Crippen molar-refractivity contribution in [1.29, 1.82) is 0 Å². The van der Waals surface area contributed by atoms with Crippen LogP contribution in [0.4, 0.5) is 0 Å². The highest BCUT2D eigenvalue weighted by molar-refractivity contribution is 7.98. The summed E-state index contributed by atoms with van der Waals surface area (Å²) in [4.78, 5) is 12.3. The van der Waals surface area contributed by atoms with Gasteiger partial charge in [-0.15, -0.1) is 0 Å². The minimum absolute atomic E-state index is 0.167. The maximum Gasteiger partial charge on any atom is 0.227 e. The fourth-order valence-electron chi connectivity index (χ4n) is 2.59. The van der Waals surface area contributed by atoms with Gasteiger partial charge in [0, 0.05) is 13.1 Å². The van der Waals surface area contributed by atoms with Crippen molar-refractivity contribution in [2.45, 2.75) is 39.5 Å². The van der Waals surface area contributed by atoms with Gasteiger partial charge in [0.25, 0.3) is 0 Å². The summed E-state index contributed by atoms with van der Waals surface area (Å²) in [6.45, 7) is 6.96. The normalized spacial score (nSPS) is 23.6. The summed E-state index contributed by atoms with van der Waals surface area (Å²) >= 11 is 1.89. The number of hydrogen-bond donors (Lipinski definition) is 2. The molecule has 1 rings (SSSR count). The molecular weight excluding hydrogens is 244 g/mol. The molecule has 1 saturated heterocycles. The van der Waals surface area contributed by atoms with Gasteiger partial charge in [0.2, 0.25) is 5.91 Å². The van der Waals surface area contributed by atoms with Crippen molar-refractivity contribution < 1.29 is 4.79 Å². The average molecular weight is 272 g/mol. The third kappa shape index (κ3) is 4.16. The SMILES string of the molecule is CSCCCCCNC(=O)C1(C(C)C)CCNC1. The monoisotopic (exact) mass is 272 g/mol. The van der Waals surface area contributed by atoms with Crippen molar-refractivity contribution in [2.24, 2.45) is 11.3 Å². The van der Waals surface area contributed by atoms with Gasteiger partial charge in [-0.3, -0.25) is 4.79 Å². The Morgan fingerprint density at radius 3 is 2.72 bits per heavy atom. The van der Waals surface area contributed by atoms with E-state index >= 15 is 0 Å². The zero-order chi connectivity index (χ0) is 13.4. The number of carbonyl (C=O) groups excluding carboxylic acids is 1. The van der Waals surface area contributed by atoms with Gasteiger partial charge >= 0.3 is 0 Å². The lowest BCUT2D eigenvalue weighted by Gasteiger charge is -2.31. The predicted octanol–water partition coefficient (Wildman–Crippen LogP) is 2.27. The maximum atomic E-state index is 12.3. The molecule has 0 aromatic rings. The summed E-state index contributed by atoms with van der Waals surface area (Å²) in [5.74, 6) is 1.89. The first-order chi connectivity index (χ1) is 8.63. The fraction of sp³-hybridized carbons (Fsp3) is 0.929. The van der Waals surface area contributed by atoms with E-state index in [1.165, 1.54) is 18.6 Å². The molecule has 1 heterocycles. The molecule has 0 aromatic heterocycles. The topological polar surface area (TPSA) is 41.1 Å². The van der Waals surface area contributed by atoms with Crippen molar-refractivity contribution in [3.05, 3.63) is 0 Å². The van der Waals surface area contributed by atoms with Gasteiger partial charge in [0.05, 0.1) is 5.41 Å². The number of carbonyl (C=O) groups is 1. The van der Waals surface area contributed by atoms with Crippen LogP contribution in [0.1, 0.15) is 39.5 Å². The van der Waals surface area contributed by atoms with Crippen molar-refractivity contribution in [3.8, 4) is 0 Å². The molecule has 1 amide bonds. The van der Waals surface area contributed by atoms with Crippen molar-refractivity contribution in [1.82, 2.24) is 10.6 Å². The van der Waals surface area contributed by atoms with E-state index in [1.54, 1.807) is 0 Å². The van der Waals surface area contributed by atoms with Crippen LogP contribution in [0.15, 0.2) is 0 Å². The molecule has 1 aliphatic heterocycles. The largest absolute Gasteiger partial charge is 0.356 e. The van der Waals surface area contributed by atoms with Gasteiger partial charge < -0.3 is 10.6 Å². The Bertz CT molecular complexity index is 250. The molecule has 1 atom stereocenters. The highest BCUT2D eigenvalue weighted by Gasteiger charge is 2.43. The number of hydrogen-bond acceptors (Lipinski definition) is 3. The lowest BCUT2D eigenvalue weighted by molar-refractivity contribution is -0.132. The Balaban J connectivity index is 2.26. The second-order valence-electron chi connectivity index (χ2n) is 5.55. The zero-order valence-corrected chi connectivity index (χ0v) is 12.9. The van der Waals surface area contributed by atoms with Crippen LogP contribution in [0.25, 0.3) is 0 Å². The average Bonchev–Trinajstić information content (AvgIpc) is 2.84. The van der Waals surface area contributed by atoms with E-state index in [-0.39, 0.29) is 11.3 Å². The zero-order valence-electron chi connectivity index (χ0n) is 12.1. The first-order valence-electron chi connectivity index (χ1n) is 7.11. The molecule has 4 heteroatoms. The highest BCUT2D eigenvalue weighted by atomic mass is 32.2. The van der Waals surface area contributed by atoms with Crippen LogP contribution < -0.4 is 10.6 Å². The summed E-state index contributed by atoms with van der Waals surface area (Å²) < 4.78 is 0. The van der Waals surface area contributed by atoms with Gasteiger partial charge in [-0.1, -0.05) is 20.3 Å². The maximum absolute atomic E-state index is 12.3. The molecule has 1 aliphatic rings. The molecule has 18 heavy (non-hydrogen) atoms. The van der Waals surface area contributed by atoms with Gasteiger partial charge in [-0.25, -0.2) is 0 Å². The van der Waals surface area contributed by atoms with Gasteiger partial charge in [-0.05, 0) is 43.7 Å². The first-order valence-corrected chi connectivity index (χ1v) is 8.51. The van der Waals surface area contributed by atoms with Crippen molar-refractivity contribution >= 4 is 17.7 Å². The Kier molecular flexibility index (Phi) is 7.08. The van der Waals surface area contributed by atoms with E-state index in [4.69, 9.17) is 0 Å². The van der Waals surface area contributed by atoms with E-state index in [0.717, 1.165) is 32.5 Å². The smallest absolute Gasteiger partial charge is 0.227 e. The summed E-state index contributed by atoms with van der Waals surface area (Å²) in [6, 6.07) is 0. The number of rotatable bonds is 8. The van der Waals surface area contributed by atoms with Gasteiger partial charge in [-0.2, -0.15) is 11.8 Å². The third-order valence-electron chi connectivity index (χ3n) is 4.06. The molecule has 0 aliphatic carbocycles. The summed E-state index contributed by atoms with van der Waals surface area (Å²) in [7, 11) is 0. The molecule has 3 nitrogen and oxygen atoms in total. The number of amides is 1. The van der Waals surface area contributed by atoms with Crippen LogP contribution in [-0.4, -0.2) is 37.6 Å². The molecule has 0 bridgehead atoms. The van der Waals surface area contributed by atoms with E-state index in [2.05, 4.69) is 30.7 Å². The van der Waals surface area contributed by atoms with Crippen molar-refractivity contribution in [3.63, 3.8) is 0 Å². The molecule has 0 spiro atoms. The molecule has 0 radical (unpaired) electrons. The Morgan fingerprint density at radius 2 is 2.17 bits per heavy atom.